The van der Waals surface area contributed by atoms with Crippen LogP contribution >= 0.6 is 15.9 Å². The molecule has 1 saturated carbocycles. The lowest BCUT2D eigenvalue weighted by atomic mass is 10.1. The number of benzene rings is 1. The fourth-order valence-electron chi connectivity index (χ4n) is 2.47. The van der Waals surface area contributed by atoms with Crippen molar-refractivity contribution in [1.82, 2.24) is 4.98 Å². The van der Waals surface area contributed by atoms with E-state index in [2.05, 4.69) is 38.8 Å². The average molecular weight is 320 g/mol. The van der Waals surface area contributed by atoms with Gasteiger partial charge in [0.2, 0.25) is 0 Å². The summed E-state index contributed by atoms with van der Waals surface area (Å²) in [5, 5.41) is 1.03. The molecule has 0 amide bonds. The van der Waals surface area contributed by atoms with Gasteiger partial charge in [-0.05, 0) is 59.8 Å². The molecule has 100 valence electrons. The van der Waals surface area contributed by atoms with Gasteiger partial charge in [0.15, 0.2) is 0 Å². The Hall–Kier alpha value is -1.29. The summed E-state index contributed by atoms with van der Waals surface area (Å²) in [6, 6.07) is 6.14. The number of hydrogen-bond acceptors (Lipinski definition) is 3. The Morgan fingerprint density at radius 2 is 2.21 bits per heavy atom. The van der Waals surface area contributed by atoms with Crippen molar-refractivity contribution in [1.29, 1.82) is 0 Å². The van der Waals surface area contributed by atoms with Crippen LogP contribution in [0.4, 0.5) is 11.4 Å². The van der Waals surface area contributed by atoms with E-state index in [0.29, 0.717) is 0 Å². The lowest BCUT2D eigenvalue weighted by Gasteiger charge is -2.24. The minimum absolute atomic E-state index is 0.787. The van der Waals surface area contributed by atoms with Crippen molar-refractivity contribution in [2.75, 3.05) is 23.7 Å². The normalized spacial score (nSPS) is 14.8. The third-order valence-corrected chi connectivity index (χ3v) is 4.16. The highest BCUT2D eigenvalue weighted by Gasteiger charge is 2.24. The summed E-state index contributed by atoms with van der Waals surface area (Å²) < 4.78 is 0.967. The Balaban J connectivity index is 2.09. The number of halogens is 1. The molecule has 0 saturated heterocycles. The number of fused-ring (bicyclic) bond motifs is 1. The van der Waals surface area contributed by atoms with Crippen molar-refractivity contribution in [2.24, 2.45) is 5.92 Å². The number of hydrogen-bond donors (Lipinski definition) is 1. The van der Waals surface area contributed by atoms with Gasteiger partial charge >= 0.3 is 0 Å². The van der Waals surface area contributed by atoms with Crippen LogP contribution in [0.25, 0.3) is 10.9 Å². The van der Waals surface area contributed by atoms with E-state index in [0.717, 1.165) is 40.1 Å². The maximum absolute atomic E-state index is 6.07. The summed E-state index contributed by atoms with van der Waals surface area (Å²) in [6.45, 7) is 4.34. The van der Waals surface area contributed by atoms with Gasteiger partial charge in [0, 0.05) is 34.8 Å². The number of nitrogen functional groups attached to an aromatic ring is 1. The fraction of sp³-hybridized carbons (Fsp3) is 0.400. The summed E-state index contributed by atoms with van der Waals surface area (Å²) in [4.78, 5) is 6.99. The van der Waals surface area contributed by atoms with Crippen LogP contribution in [0.5, 0.6) is 0 Å². The Morgan fingerprint density at radius 1 is 1.42 bits per heavy atom. The van der Waals surface area contributed by atoms with E-state index in [9.17, 15) is 0 Å². The van der Waals surface area contributed by atoms with Gasteiger partial charge in [0.1, 0.15) is 0 Å². The van der Waals surface area contributed by atoms with Crippen LogP contribution in [0, 0.1) is 5.92 Å². The second-order valence-corrected chi connectivity index (χ2v) is 6.12. The molecule has 4 heteroatoms. The van der Waals surface area contributed by atoms with E-state index >= 15 is 0 Å². The fourth-order valence-corrected chi connectivity index (χ4v) is 2.80. The zero-order chi connectivity index (χ0) is 13.4. The van der Waals surface area contributed by atoms with Crippen molar-refractivity contribution in [2.45, 2.75) is 19.8 Å². The van der Waals surface area contributed by atoms with E-state index in [4.69, 9.17) is 5.73 Å². The molecule has 1 fully saturated rings. The molecule has 3 nitrogen and oxygen atoms in total. The molecule has 0 atom stereocenters. The van der Waals surface area contributed by atoms with Crippen LogP contribution in [0.3, 0.4) is 0 Å². The summed E-state index contributed by atoms with van der Waals surface area (Å²) in [5.41, 5.74) is 9.06. The van der Waals surface area contributed by atoms with Gasteiger partial charge in [-0.3, -0.25) is 4.98 Å². The molecule has 19 heavy (non-hydrogen) atoms. The molecule has 2 aromatic rings. The largest absolute Gasteiger partial charge is 0.398 e. The zero-order valence-corrected chi connectivity index (χ0v) is 12.7. The topological polar surface area (TPSA) is 42.1 Å². The molecule has 3 rings (SSSR count). The van der Waals surface area contributed by atoms with Crippen molar-refractivity contribution in [3.63, 3.8) is 0 Å². The SMILES string of the molecule is CCN(CC1CC1)c1ccc(N)c2cc(Br)cnc12. The number of pyridine rings is 1. The zero-order valence-electron chi connectivity index (χ0n) is 11.1. The second-order valence-electron chi connectivity index (χ2n) is 5.21. The Bertz CT molecular complexity index is 608. The van der Waals surface area contributed by atoms with Gasteiger partial charge in [-0.1, -0.05) is 0 Å². The second kappa shape index (κ2) is 5.00. The van der Waals surface area contributed by atoms with Crippen molar-refractivity contribution in [3.8, 4) is 0 Å². The predicted octanol–water partition coefficient (Wildman–Crippen LogP) is 3.82. The molecule has 1 heterocycles. The van der Waals surface area contributed by atoms with Gasteiger partial charge in [-0.2, -0.15) is 0 Å². The Morgan fingerprint density at radius 3 is 2.89 bits per heavy atom. The van der Waals surface area contributed by atoms with Gasteiger partial charge in [-0.25, -0.2) is 0 Å². The maximum Gasteiger partial charge on any atom is 0.0956 e. The molecule has 0 radical (unpaired) electrons. The van der Waals surface area contributed by atoms with Crippen molar-refractivity contribution in [3.05, 3.63) is 28.9 Å². The molecule has 0 spiro atoms. The minimum atomic E-state index is 0.787. The van der Waals surface area contributed by atoms with E-state index in [1.54, 1.807) is 0 Å². The van der Waals surface area contributed by atoms with E-state index < -0.39 is 0 Å². The molecule has 0 aliphatic heterocycles. The minimum Gasteiger partial charge on any atom is -0.398 e. The van der Waals surface area contributed by atoms with E-state index in [1.165, 1.54) is 18.5 Å². The van der Waals surface area contributed by atoms with Crippen LogP contribution < -0.4 is 10.6 Å². The standard InChI is InChI=1S/C15H18BrN3/c1-2-19(9-10-3-4-10)14-6-5-13(17)12-7-11(16)8-18-15(12)14/h5-8,10H,2-4,9,17H2,1H3. The molecule has 0 bridgehead atoms. The number of anilines is 2. The summed E-state index contributed by atoms with van der Waals surface area (Å²) >= 11 is 3.46. The first-order valence-electron chi connectivity index (χ1n) is 6.77. The molecular weight excluding hydrogens is 302 g/mol. The Labute approximate surface area is 121 Å². The van der Waals surface area contributed by atoms with Gasteiger partial charge in [0.25, 0.3) is 0 Å². The van der Waals surface area contributed by atoms with Gasteiger partial charge in [-0.15, -0.1) is 0 Å². The van der Waals surface area contributed by atoms with Crippen molar-refractivity contribution >= 4 is 38.2 Å². The van der Waals surface area contributed by atoms with Gasteiger partial charge < -0.3 is 10.6 Å². The van der Waals surface area contributed by atoms with Gasteiger partial charge in [0.05, 0.1) is 11.2 Å². The summed E-state index contributed by atoms with van der Waals surface area (Å²) in [7, 11) is 0. The molecule has 2 N–H and O–H groups in total. The van der Waals surface area contributed by atoms with E-state index in [1.807, 2.05) is 18.3 Å². The highest BCUT2D eigenvalue weighted by atomic mass is 79.9. The lowest BCUT2D eigenvalue weighted by Crippen LogP contribution is -2.25. The van der Waals surface area contributed by atoms with Crippen LogP contribution in [-0.4, -0.2) is 18.1 Å². The third kappa shape index (κ3) is 2.54. The average Bonchev–Trinajstić information content (AvgIpc) is 3.21. The molecule has 1 aliphatic carbocycles. The highest BCUT2D eigenvalue weighted by Crippen LogP contribution is 2.35. The first kappa shape index (κ1) is 12.7. The molecule has 1 aliphatic rings. The molecule has 1 aromatic heterocycles. The quantitative estimate of drug-likeness (QED) is 0.871. The van der Waals surface area contributed by atoms with E-state index in [-0.39, 0.29) is 0 Å². The summed E-state index contributed by atoms with van der Waals surface area (Å²) in [6.07, 6.45) is 4.57. The highest BCUT2D eigenvalue weighted by molar-refractivity contribution is 9.10. The molecule has 1 aromatic carbocycles. The maximum atomic E-state index is 6.07. The molecular formula is C15H18BrN3. The Kier molecular flexibility index (Phi) is 3.35. The van der Waals surface area contributed by atoms with Crippen LogP contribution in [0.2, 0.25) is 0 Å². The molecule has 0 unspecified atom stereocenters. The predicted molar refractivity (Wildman–Crippen MR) is 84.5 cm³/mol. The van der Waals surface area contributed by atoms with Crippen LogP contribution in [-0.2, 0) is 0 Å². The van der Waals surface area contributed by atoms with Crippen LogP contribution in [0.1, 0.15) is 19.8 Å². The number of nitrogens with zero attached hydrogens (tertiary/aromatic N) is 2. The number of aromatic nitrogens is 1. The van der Waals surface area contributed by atoms with Crippen molar-refractivity contribution < 1.29 is 0 Å². The number of nitrogens with two attached hydrogens (primary N) is 1. The lowest BCUT2D eigenvalue weighted by molar-refractivity contribution is 0.744. The first-order valence-corrected chi connectivity index (χ1v) is 7.57. The first-order chi connectivity index (χ1) is 9.19. The van der Waals surface area contributed by atoms with Crippen LogP contribution in [0.15, 0.2) is 28.9 Å². The number of rotatable bonds is 4. The smallest absolute Gasteiger partial charge is 0.0956 e. The third-order valence-electron chi connectivity index (χ3n) is 3.73. The monoisotopic (exact) mass is 319 g/mol. The summed E-state index contributed by atoms with van der Waals surface area (Å²) in [5.74, 6) is 0.864.